The van der Waals surface area contributed by atoms with E-state index in [9.17, 15) is 13.2 Å². The quantitative estimate of drug-likeness (QED) is 0.832. The fraction of sp³-hybridized carbons (Fsp3) is 0.200. The second-order valence-corrected chi connectivity index (χ2v) is 3.83. The maximum atomic E-state index is 12.3. The van der Waals surface area contributed by atoms with Crippen molar-refractivity contribution in [2.75, 3.05) is 0 Å². The second-order valence-electron chi connectivity index (χ2n) is 3.39. The average molecular weight is 262 g/mol. The predicted octanol–water partition coefficient (Wildman–Crippen LogP) is 3.00. The van der Waals surface area contributed by atoms with Crippen LogP contribution in [-0.2, 0) is 12.7 Å². The lowest BCUT2D eigenvalue weighted by Crippen LogP contribution is -2.04. The van der Waals surface area contributed by atoms with E-state index in [-0.39, 0.29) is 6.54 Å². The number of hydrogen-bond acceptors (Lipinski definition) is 2. The van der Waals surface area contributed by atoms with E-state index in [0.29, 0.717) is 10.7 Å². The Morgan fingerprint density at radius 1 is 1.35 bits per heavy atom. The fourth-order valence-corrected chi connectivity index (χ4v) is 1.48. The topological polar surface area (TPSA) is 30.7 Å². The maximum Gasteiger partial charge on any atom is 0.419 e. The van der Waals surface area contributed by atoms with Gasteiger partial charge in [0, 0.05) is 17.4 Å². The van der Waals surface area contributed by atoms with E-state index in [1.807, 2.05) is 0 Å². The molecule has 0 aliphatic carbocycles. The Labute approximate surface area is 99.8 Å². The van der Waals surface area contributed by atoms with E-state index in [1.54, 1.807) is 12.1 Å². The van der Waals surface area contributed by atoms with E-state index in [4.69, 9.17) is 11.6 Å². The van der Waals surface area contributed by atoms with Gasteiger partial charge in [0.05, 0.1) is 24.0 Å². The van der Waals surface area contributed by atoms with Gasteiger partial charge in [-0.2, -0.15) is 18.3 Å². The summed E-state index contributed by atoms with van der Waals surface area (Å²) in [5.74, 6) is 0. The molecule has 0 spiro atoms. The first-order chi connectivity index (χ1) is 7.95. The van der Waals surface area contributed by atoms with Crippen molar-refractivity contribution in [1.82, 2.24) is 14.8 Å². The van der Waals surface area contributed by atoms with Gasteiger partial charge in [0.1, 0.15) is 0 Å². The molecule has 0 unspecified atom stereocenters. The van der Waals surface area contributed by atoms with Gasteiger partial charge < -0.3 is 0 Å². The van der Waals surface area contributed by atoms with E-state index in [0.717, 1.165) is 12.4 Å². The standard InChI is InChI=1S/C10H7ClF3N3/c11-8-1-2-15-9(3-8)6-17-5-7(4-16-17)10(12,13)14/h1-5H,6H2. The molecule has 3 nitrogen and oxygen atoms in total. The van der Waals surface area contributed by atoms with E-state index in [1.165, 1.54) is 10.9 Å². The lowest BCUT2D eigenvalue weighted by atomic mass is 10.3. The summed E-state index contributed by atoms with van der Waals surface area (Å²) in [7, 11) is 0. The Balaban J connectivity index is 2.17. The molecule has 0 aromatic carbocycles. The minimum atomic E-state index is -4.37. The van der Waals surface area contributed by atoms with Crippen molar-refractivity contribution in [2.24, 2.45) is 0 Å². The molecular formula is C10H7ClF3N3. The molecule has 7 heteroatoms. The van der Waals surface area contributed by atoms with Crippen molar-refractivity contribution in [3.63, 3.8) is 0 Å². The first kappa shape index (κ1) is 11.9. The van der Waals surface area contributed by atoms with Crippen LogP contribution in [0.2, 0.25) is 5.02 Å². The lowest BCUT2D eigenvalue weighted by molar-refractivity contribution is -0.137. The van der Waals surface area contributed by atoms with Crippen molar-refractivity contribution < 1.29 is 13.2 Å². The maximum absolute atomic E-state index is 12.3. The summed E-state index contributed by atoms with van der Waals surface area (Å²) in [6.45, 7) is 0.149. The summed E-state index contributed by atoms with van der Waals surface area (Å²) < 4.78 is 38.1. The molecule has 0 atom stereocenters. The third kappa shape index (κ3) is 2.97. The van der Waals surface area contributed by atoms with Gasteiger partial charge in [-0.1, -0.05) is 11.6 Å². The van der Waals surface area contributed by atoms with Gasteiger partial charge in [-0.3, -0.25) is 9.67 Å². The first-order valence-corrected chi connectivity index (χ1v) is 5.03. The Morgan fingerprint density at radius 3 is 2.71 bits per heavy atom. The van der Waals surface area contributed by atoms with Crippen LogP contribution in [0.15, 0.2) is 30.7 Å². The highest BCUT2D eigenvalue weighted by molar-refractivity contribution is 6.30. The number of hydrogen-bond donors (Lipinski definition) is 0. The summed E-state index contributed by atoms with van der Waals surface area (Å²) in [6.07, 6.45) is -1.17. The molecule has 17 heavy (non-hydrogen) atoms. The van der Waals surface area contributed by atoms with Crippen molar-refractivity contribution in [3.8, 4) is 0 Å². The van der Waals surface area contributed by atoms with Crippen molar-refractivity contribution in [2.45, 2.75) is 12.7 Å². The average Bonchev–Trinajstić information content (AvgIpc) is 2.65. The molecule has 0 N–H and O–H groups in total. The van der Waals surface area contributed by atoms with E-state index >= 15 is 0 Å². The predicted molar refractivity (Wildman–Crippen MR) is 55.6 cm³/mol. The minimum Gasteiger partial charge on any atom is -0.266 e. The van der Waals surface area contributed by atoms with Gasteiger partial charge in [0.25, 0.3) is 0 Å². The van der Waals surface area contributed by atoms with Crippen LogP contribution in [0, 0.1) is 0 Å². The van der Waals surface area contributed by atoms with Gasteiger partial charge in [-0.25, -0.2) is 0 Å². The van der Waals surface area contributed by atoms with Crippen molar-refractivity contribution in [3.05, 3.63) is 47.0 Å². The molecule has 0 fully saturated rings. The molecule has 0 aliphatic heterocycles. The van der Waals surface area contributed by atoms with Crippen LogP contribution in [0.5, 0.6) is 0 Å². The molecule has 0 aliphatic rings. The molecule has 0 bridgehead atoms. The Morgan fingerprint density at radius 2 is 2.12 bits per heavy atom. The molecule has 0 amide bonds. The molecule has 0 saturated heterocycles. The number of aromatic nitrogens is 3. The number of alkyl halides is 3. The van der Waals surface area contributed by atoms with Crippen LogP contribution in [0.3, 0.4) is 0 Å². The van der Waals surface area contributed by atoms with Gasteiger partial charge in [-0.15, -0.1) is 0 Å². The first-order valence-electron chi connectivity index (χ1n) is 4.65. The highest BCUT2D eigenvalue weighted by Crippen LogP contribution is 2.28. The molecule has 0 radical (unpaired) electrons. The second kappa shape index (κ2) is 4.37. The molecule has 0 saturated carbocycles. The van der Waals surface area contributed by atoms with Gasteiger partial charge >= 0.3 is 6.18 Å². The van der Waals surface area contributed by atoms with E-state index < -0.39 is 11.7 Å². The largest absolute Gasteiger partial charge is 0.419 e. The smallest absolute Gasteiger partial charge is 0.266 e. The summed E-state index contributed by atoms with van der Waals surface area (Å²) in [4.78, 5) is 3.98. The molecule has 2 aromatic heterocycles. The number of pyridine rings is 1. The third-order valence-electron chi connectivity index (χ3n) is 2.06. The zero-order chi connectivity index (χ0) is 12.5. The van der Waals surface area contributed by atoms with Crippen LogP contribution in [0.4, 0.5) is 13.2 Å². The molecule has 2 aromatic rings. The zero-order valence-corrected chi connectivity index (χ0v) is 9.20. The van der Waals surface area contributed by atoms with Gasteiger partial charge in [0.15, 0.2) is 0 Å². The zero-order valence-electron chi connectivity index (χ0n) is 8.45. The van der Waals surface area contributed by atoms with Crippen LogP contribution in [-0.4, -0.2) is 14.8 Å². The van der Waals surface area contributed by atoms with Gasteiger partial charge in [-0.05, 0) is 12.1 Å². The normalized spacial score (nSPS) is 11.8. The summed E-state index contributed by atoms with van der Waals surface area (Å²) >= 11 is 5.74. The highest BCUT2D eigenvalue weighted by atomic mass is 35.5. The minimum absolute atomic E-state index is 0.149. The molecule has 2 rings (SSSR count). The fourth-order valence-electron chi connectivity index (χ4n) is 1.30. The SMILES string of the molecule is FC(F)(F)c1cnn(Cc2cc(Cl)ccn2)c1. The van der Waals surface area contributed by atoms with Gasteiger partial charge in [0.2, 0.25) is 0 Å². The Hall–Kier alpha value is -1.56. The molecular weight excluding hydrogens is 255 g/mol. The number of halogens is 4. The van der Waals surface area contributed by atoms with Crippen LogP contribution in [0.1, 0.15) is 11.3 Å². The Bertz CT molecular complexity index is 522. The van der Waals surface area contributed by atoms with Crippen molar-refractivity contribution >= 4 is 11.6 Å². The van der Waals surface area contributed by atoms with Crippen molar-refractivity contribution in [1.29, 1.82) is 0 Å². The molecule has 2 heterocycles. The van der Waals surface area contributed by atoms with Crippen LogP contribution >= 0.6 is 11.6 Å². The summed E-state index contributed by atoms with van der Waals surface area (Å²) in [6, 6.07) is 3.17. The molecule has 90 valence electrons. The van der Waals surface area contributed by atoms with Crippen LogP contribution in [0.25, 0.3) is 0 Å². The highest BCUT2D eigenvalue weighted by Gasteiger charge is 2.32. The summed E-state index contributed by atoms with van der Waals surface area (Å²) in [5, 5.41) is 4.11. The monoisotopic (exact) mass is 261 g/mol. The van der Waals surface area contributed by atoms with E-state index in [2.05, 4.69) is 10.1 Å². The Kier molecular flexibility index (Phi) is 3.06. The third-order valence-corrected chi connectivity index (χ3v) is 2.30. The lowest BCUT2D eigenvalue weighted by Gasteiger charge is -2.02. The summed E-state index contributed by atoms with van der Waals surface area (Å²) in [5.41, 5.74) is -0.228. The number of rotatable bonds is 2. The number of nitrogens with zero attached hydrogens (tertiary/aromatic N) is 3. The van der Waals surface area contributed by atoms with Crippen LogP contribution < -0.4 is 0 Å².